The van der Waals surface area contributed by atoms with Crippen LogP contribution in [0.5, 0.6) is 5.75 Å². The summed E-state index contributed by atoms with van der Waals surface area (Å²) >= 11 is 0. The number of Topliss-reactive ketones (excluding diaryl/α,β-unsaturated/α-hetero) is 1. The van der Waals surface area contributed by atoms with E-state index in [0.717, 1.165) is 52.4 Å². The van der Waals surface area contributed by atoms with Crippen molar-refractivity contribution in [3.8, 4) is 16.9 Å². The van der Waals surface area contributed by atoms with Crippen molar-refractivity contribution in [3.05, 3.63) is 30.2 Å². The van der Waals surface area contributed by atoms with E-state index in [4.69, 9.17) is 9.84 Å². The van der Waals surface area contributed by atoms with Gasteiger partial charge in [-0.25, -0.2) is 0 Å². The Bertz CT molecular complexity index is 1080. The summed E-state index contributed by atoms with van der Waals surface area (Å²) in [7, 11) is 1.96. The topological polar surface area (TPSA) is 61.9 Å². The fourth-order valence-corrected chi connectivity index (χ4v) is 4.42. The summed E-state index contributed by atoms with van der Waals surface area (Å²) in [5, 5.41) is 10.3. The molecule has 0 unspecified atom stereocenters. The van der Waals surface area contributed by atoms with Gasteiger partial charge in [-0.1, -0.05) is 7.43 Å². The highest BCUT2D eigenvalue weighted by atomic mass is 16.5. The number of ether oxygens (including phenoxy) is 1. The van der Waals surface area contributed by atoms with Gasteiger partial charge in [0, 0.05) is 49.8 Å². The lowest BCUT2D eigenvalue weighted by atomic mass is 10.0. The molecule has 2 aliphatic rings. The number of carbonyl (C=O) groups excluding carboxylic acids is 1. The number of fused-ring (bicyclic) bond motifs is 1. The SMILES string of the molecule is C.Cc1c2c(O[C@H](C)[C@H]3CCC(=O)C3)cc(-c3cnn(CC4CC4)c3)cc2nn1C. The van der Waals surface area contributed by atoms with Crippen LogP contribution in [0.25, 0.3) is 22.0 Å². The minimum absolute atomic E-state index is 0. The molecule has 6 heteroatoms. The van der Waals surface area contributed by atoms with Crippen LogP contribution >= 0.6 is 0 Å². The lowest BCUT2D eigenvalue weighted by molar-refractivity contribution is -0.117. The molecule has 5 rings (SSSR count). The Labute approximate surface area is 178 Å². The average molecular weight is 409 g/mol. The van der Waals surface area contributed by atoms with Crippen LogP contribution in [0.1, 0.15) is 52.1 Å². The maximum Gasteiger partial charge on any atom is 0.133 e. The summed E-state index contributed by atoms with van der Waals surface area (Å²) in [5.41, 5.74) is 4.18. The molecule has 2 aliphatic carbocycles. The van der Waals surface area contributed by atoms with E-state index in [-0.39, 0.29) is 13.5 Å². The van der Waals surface area contributed by atoms with Crippen LogP contribution in [0, 0.1) is 18.8 Å². The molecule has 6 nitrogen and oxygen atoms in total. The van der Waals surface area contributed by atoms with Crippen molar-refractivity contribution in [1.29, 1.82) is 0 Å². The van der Waals surface area contributed by atoms with E-state index >= 15 is 0 Å². The quantitative estimate of drug-likeness (QED) is 0.580. The highest BCUT2D eigenvalue weighted by Gasteiger charge is 2.29. The number of hydrogen-bond acceptors (Lipinski definition) is 4. The first-order valence-electron chi connectivity index (χ1n) is 10.7. The second-order valence-corrected chi connectivity index (χ2v) is 8.84. The van der Waals surface area contributed by atoms with E-state index in [0.29, 0.717) is 24.5 Å². The maximum atomic E-state index is 11.7. The first-order valence-corrected chi connectivity index (χ1v) is 10.7. The Morgan fingerprint density at radius 3 is 2.73 bits per heavy atom. The number of aromatic nitrogens is 4. The van der Waals surface area contributed by atoms with Crippen LogP contribution in [0.3, 0.4) is 0 Å². The van der Waals surface area contributed by atoms with Crippen LogP contribution in [0.4, 0.5) is 0 Å². The number of rotatable bonds is 6. The highest BCUT2D eigenvalue weighted by Crippen LogP contribution is 2.37. The number of benzene rings is 1. The van der Waals surface area contributed by atoms with Crippen molar-refractivity contribution in [3.63, 3.8) is 0 Å². The molecule has 2 fully saturated rings. The van der Waals surface area contributed by atoms with Gasteiger partial charge in [0.2, 0.25) is 0 Å². The number of carbonyl (C=O) groups is 1. The summed E-state index contributed by atoms with van der Waals surface area (Å²) in [6.45, 7) is 5.15. The van der Waals surface area contributed by atoms with E-state index in [9.17, 15) is 4.79 Å². The van der Waals surface area contributed by atoms with Crippen molar-refractivity contribution in [2.45, 2.75) is 66.0 Å². The molecular weight excluding hydrogens is 376 g/mol. The summed E-state index contributed by atoms with van der Waals surface area (Å²) in [6.07, 6.45) is 8.91. The van der Waals surface area contributed by atoms with Crippen LogP contribution in [0.15, 0.2) is 24.5 Å². The van der Waals surface area contributed by atoms with Gasteiger partial charge in [-0.2, -0.15) is 10.2 Å². The Balaban J connectivity index is 0.00000218. The molecule has 0 bridgehead atoms. The Morgan fingerprint density at radius 2 is 2.03 bits per heavy atom. The first kappa shape index (κ1) is 20.6. The number of ketones is 1. The molecule has 0 spiro atoms. The molecule has 30 heavy (non-hydrogen) atoms. The standard InChI is InChI=1S/C23H28N4O2.CH4/c1-14-23-21(25-26(14)3)9-18(19-11-24-27(13-19)12-16-4-5-16)10-22(23)29-15(2)17-6-7-20(28)8-17;/h9-11,13,15-17H,4-8,12H2,1-3H3;1H4/t15-,17+;/m1./s1. The van der Waals surface area contributed by atoms with Gasteiger partial charge in [-0.05, 0) is 56.7 Å². The Morgan fingerprint density at radius 1 is 1.23 bits per heavy atom. The van der Waals surface area contributed by atoms with Gasteiger partial charge in [-0.15, -0.1) is 0 Å². The van der Waals surface area contributed by atoms with Crippen molar-refractivity contribution in [2.24, 2.45) is 18.9 Å². The minimum atomic E-state index is -0.00269. The van der Waals surface area contributed by atoms with E-state index in [1.807, 2.05) is 22.6 Å². The lowest BCUT2D eigenvalue weighted by Crippen LogP contribution is -2.22. The van der Waals surface area contributed by atoms with Gasteiger partial charge in [0.1, 0.15) is 11.5 Å². The summed E-state index contributed by atoms with van der Waals surface area (Å²) in [4.78, 5) is 11.7. The summed E-state index contributed by atoms with van der Waals surface area (Å²) in [5.74, 6) is 2.28. The monoisotopic (exact) mass is 408 g/mol. The number of hydrogen-bond donors (Lipinski definition) is 0. The van der Waals surface area contributed by atoms with Crippen molar-refractivity contribution in [1.82, 2.24) is 19.6 Å². The second-order valence-electron chi connectivity index (χ2n) is 8.84. The molecule has 2 heterocycles. The predicted molar refractivity (Wildman–Crippen MR) is 119 cm³/mol. The fraction of sp³-hybridized carbons (Fsp3) is 0.542. The minimum Gasteiger partial charge on any atom is -0.490 e. The first-order chi connectivity index (χ1) is 14.0. The summed E-state index contributed by atoms with van der Waals surface area (Å²) in [6, 6.07) is 4.24. The van der Waals surface area contributed by atoms with Gasteiger partial charge in [0.15, 0.2) is 0 Å². The van der Waals surface area contributed by atoms with Gasteiger partial charge in [0.05, 0.1) is 23.2 Å². The third-order valence-electron chi connectivity index (χ3n) is 6.56. The summed E-state index contributed by atoms with van der Waals surface area (Å²) < 4.78 is 10.4. The zero-order valence-corrected chi connectivity index (χ0v) is 17.4. The zero-order chi connectivity index (χ0) is 20.1. The molecule has 3 aromatic rings. The molecule has 0 saturated heterocycles. The van der Waals surface area contributed by atoms with Crippen molar-refractivity contribution in [2.75, 3.05) is 0 Å². The van der Waals surface area contributed by atoms with Gasteiger partial charge in [-0.3, -0.25) is 14.2 Å². The molecule has 2 aromatic heterocycles. The maximum absolute atomic E-state index is 11.7. The number of nitrogens with zero attached hydrogens (tertiary/aromatic N) is 4. The Kier molecular flexibility index (Phi) is 5.43. The van der Waals surface area contributed by atoms with Gasteiger partial charge >= 0.3 is 0 Å². The van der Waals surface area contributed by atoms with Crippen LogP contribution in [0.2, 0.25) is 0 Å². The van der Waals surface area contributed by atoms with Crippen LogP contribution in [-0.2, 0) is 18.4 Å². The number of aryl methyl sites for hydroxylation is 2. The molecule has 2 saturated carbocycles. The van der Waals surface area contributed by atoms with E-state index in [2.05, 4.69) is 37.3 Å². The third-order valence-corrected chi connectivity index (χ3v) is 6.56. The highest BCUT2D eigenvalue weighted by molar-refractivity contribution is 5.92. The van der Waals surface area contributed by atoms with E-state index < -0.39 is 0 Å². The van der Waals surface area contributed by atoms with Gasteiger partial charge in [0.25, 0.3) is 0 Å². The average Bonchev–Trinajstić information content (AvgIpc) is 3.07. The zero-order valence-electron chi connectivity index (χ0n) is 17.4. The molecule has 0 amide bonds. The second kappa shape index (κ2) is 7.89. The molecule has 0 aliphatic heterocycles. The lowest BCUT2D eigenvalue weighted by Gasteiger charge is -2.21. The predicted octanol–water partition coefficient (Wildman–Crippen LogP) is 4.93. The van der Waals surface area contributed by atoms with E-state index in [1.165, 1.54) is 12.8 Å². The fourth-order valence-electron chi connectivity index (χ4n) is 4.42. The molecular formula is C24H32N4O2. The molecule has 2 atom stereocenters. The van der Waals surface area contributed by atoms with Crippen molar-refractivity contribution < 1.29 is 9.53 Å². The molecule has 0 radical (unpaired) electrons. The van der Waals surface area contributed by atoms with Crippen molar-refractivity contribution >= 4 is 16.7 Å². The van der Waals surface area contributed by atoms with Crippen LogP contribution < -0.4 is 4.74 Å². The Hall–Kier alpha value is -2.63. The molecule has 160 valence electrons. The molecule has 1 aromatic carbocycles. The normalized spacial score (nSPS) is 19.8. The van der Waals surface area contributed by atoms with Crippen LogP contribution in [-0.4, -0.2) is 31.4 Å². The molecule has 0 N–H and O–H groups in total. The smallest absolute Gasteiger partial charge is 0.133 e. The van der Waals surface area contributed by atoms with E-state index in [1.54, 1.807) is 0 Å². The van der Waals surface area contributed by atoms with Gasteiger partial charge < -0.3 is 4.74 Å². The largest absolute Gasteiger partial charge is 0.490 e. The third kappa shape index (κ3) is 3.87.